The first-order chi connectivity index (χ1) is 7.88. The Balaban J connectivity index is 2.51. The monoisotopic (exact) mass is 296 g/mol. The summed E-state index contributed by atoms with van der Waals surface area (Å²) >= 11 is 3.43. The number of carbonyl (C=O) groups is 1. The van der Waals surface area contributed by atoms with Gasteiger partial charge >= 0.3 is 6.03 Å². The second kappa shape index (κ2) is 5.87. The lowest BCUT2D eigenvalue weighted by atomic mass is 10.1. The minimum atomic E-state index is -0.231. The highest BCUT2D eigenvalue weighted by Gasteiger charge is 2.11. The molecule has 0 heterocycles. The molecule has 2 N–H and O–H groups in total. The molecule has 2 amide bonds. The van der Waals surface area contributed by atoms with Gasteiger partial charge in [0, 0.05) is 16.2 Å². The van der Waals surface area contributed by atoms with Crippen LogP contribution < -0.4 is 10.6 Å². The molecule has 92 valence electrons. The van der Waals surface area contributed by atoms with E-state index in [0.29, 0.717) is 0 Å². The minimum absolute atomic E-state index is 0.208. The van der Waals surface area contributed by atoms with Crippen LogP contribution in [0.1, 0.15) is 26.3 Å². The van der Waals surface area contributed by atoms with Crippen molar-refractivity contribution in [2.24, 2.45) is 0 Å². The lowest BCUT2D eigenvalue weighted by molar-refractivity contribution is 0.235. The van der Waals surface area contributed by atoms with Crippen molar-refractivity contribution in [2.75, 3.05) is 0 Å². The Hall–Kier alpha value is -1.29. The number of rotatable bonds is 2. The molecule has 1 aromatic rings. The van der Waals surface area contributed by atoms with Gasteiger partial charge in [-0.25, -0.2) is 4.79 Å². The summed E-state index contributed by atoms with van der Waals surface area (Å²) < 4.78 is 0.995. The molecule has 0 saturated heterocycles. The van der Waals surface area contributed by atoms with Gasteiger partial charge < -0.3 is 10.6 Å². The molecule has 1 aromatic carbocycles. The van der Waals surface area contributed by atoms with Gasteiger partial charge in [-0.3, -0.25) is 0 Å². The SMILES string of the molecule is CC(C)(C)NC(=O)N/C=C/c1ccccc1Br. The van der Waals surface area contributed by atoms with Gasteiger partial charge in [0.25, 0.3) is 0 Å². The van der Waals surface area contributed by atoms with Crippen molar-refractivity contribution < 1.29 is 4.79 Å². The highest BCUT2D eigenvalue weighted by atomic mass is 79.9. The van der Waals surface area contributed by atoms with Gasteiger partial charge in [0.15, 0.2) is 0 Å². The van der Waals surface area contributed by atoms with E-state index in [9.17, 15) is 4.79 Å². The summed E-state index contributed by atoms with van der Waals surface area (Å²) in [5, 5.41) is 5.47. The maximum Gasteiger partial charge on any atom is 0.319 e. The van der Waals surface area contributed by atoms with Crippen molar-refractivity contribution in [1.82, 2.24) is 10.6 Å². The largest absolute Gasteiger partial charge is 0.333 e. The topological polar surface area (TPSA) is 41.1 Å². The summed E-state index contributed by atoms with van der Waals surface area (Å²) in [6, 6.07) is 7.60. The Bertz CT molecular complexity index is 422. The van der Waals surface area contributed by atoms with E-state index in [0.717, 1.165) is 10.0 Å². The van der Waals surface area contributed by atoms with Gasteiger partial charge in [0.05, 0.1) is 0 Å². The van der Waals surface area contributed by atoms with Crippen LogP contribution in [0, 0.1) is 0 Å². The predicted molar refractivity (Wildman–Crippen MR) is 74.6 cm³/mol. The quantitative estimate of drug-likeness (QED) is 0.861. The summed E-state index contributed by atoms with van der Waals surface area (Å²) in [5.74, 6) is 0. The number of nitrogens with one attached hydrogen (secondary N) is 2. The molecule has 3 nitrogen and oxygen atoms in total. The van der Waals surface area contributed by atoms with Crippen LogP contribution >= 0.6 is 15.9 Å². The molecule has 17 heavy (non-hydrogen) atoms. The van der Waals surface area contributed by atoms with Crippen molar-refractivity contribution in [2.45, 2.75) is 26.3 Å². The fraction of sp³-hybridized carbons (Fsp3) is 0.308. The Morgan fingerprint density at radius 1 is 1.29 bits per heavy atom. The summed E-state index contributed by atoms with van der Waals surface area (Å²) in [7, 11) is 0. The van der Waals surface area contributed by atoms with E-state index in [1.165, 1.54) is 0 Å². The lowest BCUT2D eigenvalue weighted by Gasteiger charge is -2.19. The van der Waals surface area contributed by atoms with Crippen molar-refractivity contribution in [3.63, 3.8) is 0 Å². The summed E-state index contributed by atoms with van der Waals surface area (Å²) in [6.45, 7) is 5.80. The molecule has 0 saturated carbocycles. The zero-order valence-electron chi connectivity index (χ0n) is 10.3. The second-order valence-electron chi connectivity index (χ2n) is 4.70. The van der Waals surface area contributed by atoms with Crippen molar-refractivity contribution in [3.05, 3.63) is 40.5 Å². The molecular formula is C13H17BrN2O. The van der Waals surface area contributed by atoms with Gasteiger partial charge in [-0.15, -0.1) is 0 Å². The average Bonchev–Trinajstić information content (AvgIpc) is 2.18. The molecule has 0 aliphatic heterocycles. The van der Waals surface area contributed by atoms with E-state index in [2.05, 4.69) is 26.6 Å². The van der Waals surface area contributed by atoms with Crippen molar-refractivity contribution in [1.29, 1.82) is 0 Å². The molecule has 0 atom stereocenters. The fourth-order valence-electron chi connectivity index (χ4n) is 1.19. The zero-order chi connectivity index (χ0) is 12.9. The van der Waals surface area contributed by atoms with Crippen LogP contribution in [0.25, 0.3) is 6.08 Å². The van der Waals surface area contributed by atoms with Crippen molar-refractivity contribution in [3.8, 4) is 0 Å². The third-order valence-corrected chi connectivity index (χ3v) is 2.59. The van der Waals surface area contributed by atoms with E-state index in [4.69, 9.17) is 0 Å². The van der Waals surface area contributed by atoms with Crippen molar-refractivity contribution >= 4 is 28.0 Å². The molecule has 0 aliphatic rings. The molecule has 0 aliphatic carbocycles. The van der Waals surface area contributed by atoms with E-state index in [1.807, 2.05) is 51.1 Å². The number of hydrogen-bond donors (Lipinski definition) is 2. The highest BCUT2D eigenvalue weighted by Crippen LogP contribution is 2.16. The van der Waals surface area contributed by atoms with Gasteiger partial charge in [-0.05, 0) is 38.5 Å². The lowest BCUT2D eigenvalue weighted by Crippen LogP contribution is -2.44. The minimum Gasteiger partial charge on any atom is -0.333 e. The standard InChI is InChI=1S/C13H17BrN2O/c1-13(2,3)16-12(17)15-9-8-10-6-4-5-7-11(10)14/h4-9H,1-3H3,(H2,15,16,17)/b9-8+. The Morgan fingerprint density at radius 3 is 2.53 bits per heavy atom. The maximum absolute atomic E-state index is 11.4. The van der Waals surface area contributed by atoms with Crippen LogP contribution in [0.4, 0.5) is 4.79 Å². The molecule has 0 bridgehead atoms. The second-order valence-corrected chi connectivity index (χ2v) is 5.56. The number of amides is 2. The van der Waals surface area contributed by atoms with Gasteiger partial charge in [-0.1, -0.05) is 34.1 Å². The molecular weight excluding hydrogens is 280 g/mol. The summed E-state index contributed by atoms with van der Waals surface area (Å²) in [4.78, 5) is 11.4. The van der Waals surface area contributed by atoms with E-state index in [-0.39, 0.29) is 11.6 Å². The van der Waals surface area contributed by atoms with Gasteiger partial charge in [0.2, 0.25) is 0 Å². The molecule has 4 heteroatoms. The smallest absolute Gasteiger partial charge is 0.319 e. The normalized spacial score (nSPS) is 11.5. The Labute approximate surface area is 110 Å². The summed E-state index contributed by atoms with van der Waals surface area (Å²) in [6.07, 6.45) is 3.47. The van der Waals surface area contributed by atoms with Crippen LogP contribution in [0.3, 0.4) is 0 Å². The van der Waals surface area contributed by atoms with Gasteiger partial charge in [-0.2, -0.15) is 0 Å². The molecule has 0 aromatic heterocycles. The van der Waals surface area contributed by atoms with E-state index < -0.39 is 0 Å². The predicted octanol–water partition coefficient (Wildman–Crippen LogP) is 3.52. The number of urea groups is 1. The number of hydrogen-bond acceptors (Lipinski definition) is 1. The first kappa shape index (κ1) is 13.8. The Kier molecular flexibility index (Phi) is 4.75. The van der Waals surface area contributed by atoms with Crippen LogP contribution in [0.15, 0.2) is 34.9 Å². The average molecular weight is 297 g/mol. The highest BCUT2D eigenvalue weighted by molar-refractivity contribution is 9.10. The van der Waals surface area contributed by atoms with E-state index >= 15 is 0 Å². The fourth-order valence-corrected chi connectivity index (χ4v) is 1.61. The van der Waals surface area contributed by atoms with Crippen LogP contribution in [-0.2, 0) is 0 Å². The molecule has 0 fully saturated rings. The Morgan fingerprint density at radius 2 is 1.94 bits per heavy atom. The molecule has 0 unspecified atom stereocenters. The molecule has 0 radical (unpaired) electrons. The van der Waals surface area contributed by atoms with Gasteiger partial charge in [0.1, 0.15) is 0 Å². The maximum atomic E-state index is 11.4. The number of benzene rings is 1. The first-order valence-electron chi connectivity index (χ1n) is 5.38. The molecule has 0 spiro atoms. The third kappa shape index (κ3) is 5.54. The number of halogens is 1. The van der Waals surface area contributed by atoms with Crippen LogP contribution in [0.2, 0.25) is 0 Å². The third-order valence-electron chi connectivity index (χ3n) is 1.87. The number of carbonyl (C=O) groups excluding carboxylic acids is 1. The van der Waals surface area contributed by atoms with Crippen LogP contribution in [0.5, 0.6) is 0 Å². The molecule has 1 rings (SSSR count). The van der Waals surface area contributed by atoms with E-state index in [1.54, 1.807) is 6.20 Å². The van der Waals surface area contributed by atoms with Crippen LogP contribution in [-0.4, -0.2) is 11.6 Å². The zero-order valence-corrected chi connectivity index (χ0v) is 11.8. The summed E-state index contributed by atoms with van der Waals surface area (Å²) in [5.41, 5.74) is 0.786. The first-order valence-corrected chi connectivity index (χ1v) is 6.17.